The van der Waals surface area contributed by atoms with E-state index in [1.54, 1.807) is 12.1 Å². The lowest BCUT2D eigenvalue weighted by molar-refractivity contribution is 0.173. The fourth-order valence-electron chi connectivity index (χ4n) is 3.06. The number of ether oxygens (including phenoxy) is 3. The lowest BCUT2D eigenvalue weighted by Crippen LogP contribution is -2.38. The van der Waals surface area contributed by atoms with Gasteiger partial charge >= 0.3 is 0 Å². The molecule has 126 valence electrons. The van der Waals surface area contributed by atoms with Crippen LogP contribution in [-0.2, 0) is 0 Å². The first kappa shape index (κ1) is 11.3. The zero-order chi connectivity index (χ0) is 19.9. The van der Waals surface area contributed by atoms with Gasteiger partial charge in [0.2, 0.25) is 6.75 Å². The predicted molar refractivity (Wildman–Crippen MR) is 88.2 cm³/mol. The molecule has 1 saturated heterocycles. The van der Waals surface area contributed by atoms with Gasteiger partial charge in [-0.2, -0.15) is 0 Å². The molecule has 0 radical (unpaired) electrons. The van der Waals surface area contributed by atoms with Crippen LogP contribution in [0.25, 0.3) is 0 Å². The monoisotopic (exact) mass is 333 g/mol. The average Bonchev–Trinajstić information content (AvgIpc) is 2.95. The molecule has 2 aliphatic rings. The Morgan fingerprint density at radius 3 is 2.92 bits per heavy atom. The molecular weight excluding hydrogens is 309 g/mol. The first-order valence-corrected chi connectivity index (χ1v) is 7.91. The second-order valence-electron chi connectivity index (χ2n) is 5.87. The summed E-state index contributed by atoms with van der Waals surface area (Å²) in [7, 11) is 0. The molecule has 2 aromatic rings. The molecule has 4 nitrogen and oxygen atoms in total. The van der Waals surface area contributed by atoms with Crippen LogP contribution in [0.1, 0.15) is 23.4 Å². The smallest absolute Gasteiger partial charge is 0.231 e. The maximum Gasteiger partial charge on any atom is 0.231 e. The number of fused-ring (bicyclic) bond motifs is 1. The van der Waals surface area contributed by atoms with Crippen molar-refractivity contribution in [3.8, 4) is 17.2 Å². The van der Waals surface area contributed by atoms with Gasteiger partial charge in [-0.1, -0.05) is 12.1 Å². The summed E-state index contributed by atoms with van der Waals surface area (Å²) in [6.07, 6.45) is 0.709. The molecule has 4 rings (SSSR count). The van der Waals surface area contributed by atoms with Crippen LogP contribution in [0.3, 0.4) is 0 Å². The summed E-state index contributed by atoms with van der Waals surface area (Å²) >= 11 is 0. The summed E-state index contributed by atoms with van der Waals surface area (Å²) in [5.74, 6) is -0.331. The van der Waals surface area contributed by atoms with Gasteiger partial charge in [-0.15, -0.1) is 0 Å². The highest BCUT2D eigenvalue weighted by atomic mass is 19.1. The minimum Gasteiger partial charge on any atom is -0.493 e. The highest BCUT2D eigenvalue weighted by Crippen LogP contribution is 2.36. The number of nitrogens with one attached hydrogen (secondary N) is 1. The molecule has 5 heteroatoms. The molecule has 0 saturated carbocycles. The van der Waals surface area contributed by atoms with Gasteiger partial charge < -0.3 is 19.5 Å². The second kappa shape index (κ2) is 6.69. The van der Waals surface area contributed by atoms with Crippen molar-refractivity contribution >= 4 is 0 Å². The van der Waals surface area contributed by atoms with E-state index in [1.807, 2.05) is 0 Å². The van der Waals surface area contributed by atoms with Crippen LogP contribution < -0.4 is 19.5 Å². The van der Waals surface area contributed by atoms with E-state index in [0.29, 0.717) is 13.0 Å². The molecule has 0 aliphatic carbocycles. The zero-order valence-electron chi connectivity index (χ0n) is 16.9. The Kier molecular flexibility index (Phi) is 3.15. The average molecular weight is 333 g/mol. The fraction of sp³-hybridized carbons (Fsp3) is 0.368. The number of halogens is 1. The highest BCUT2D eigenvalue weighted by molar-refractivity contribution is 5.46. The predicted octanol–water partition coefficient (Wildman–Crippen LogP) is 3.33. The lowest BCUT2D eigenvalue weighted by atomic mass is 9.81. The van der Waals surface area contributed by atoms with E-state index in [2.05, 4.69) is 5.32 Å². The van der Waals surface area contributed by atoms with Gasteiger partial charge in [-0.05, 0) is 48.7 Å². The van der Waals surface area contributed by atoms with Crippen LogP contribution in [0, 0.1) is 11.7 Å². The summed E-state index contributed by atoms with van der Waals surface area (Å²) in [4.78, 5) is 0. The van der Waals surface area contributed by atoms with Crippen molar-refractivity contribution in [2.75, 3.05) is 26.4 Å². The van der Waals surface area contributed by atoms with E-state index in [1.165, 1.54) is 30.3 Å². The summed E-state index contributed by atoms with van der Waals surface area (Å²) in [6, 6.07) is 10.6. The van der Waals surface area contributed by atoms with E-state index < -0.39 is 19.2 Å². The molecule has 2 heterocycles. The van der Waals surface area contributed by atoms with Crippen LogP contribution in [0.5, 0.6) is 17.2 Å². The van der Waals surface area contributed by atoms with E-state index in [0.717, 1.165) is 12.1 Å². The minimum atomic E-state index is -2.25. The summed E-state index contributed by atoms with van der Waals surface area (Å²) in [6.45, 7) is -3.10. The molecule has 2 atom stereocenters. The maximum atomic E-state index is 13.3. The third kappa shape index (κ3) is 3.17. The number of hydrogen-bond acceptors (Lipinski definition) is 4. The molecule has 24 heavy (non-hydrogen) atoms. The quantitative estimate of drug-likeness (QED) is 0.932. The van der Waals surface area contributed by atoms with Gasteiger partial charge in [0.25, 0.3) is 0 Å². The van der Waals surface area contributed by atoms with Gasteiger partial charge in [0.05, 0.1) is 9.30 Å². The number of rotatable bonds is 4. The van der Waals surface area contributed by atoms with Crippen LogP contribution in [0.15, 0.2) is 42.5 Å². The van der Waals surface area contributed by atoms with Crippen molar-refractivity contribution in [3.63, 3.8) is 0 Å². The Morgan fingerprint density at radius 1 is 1.21 bits per heavy atom. The topological polar surface area (TPSA) is 39.7 Å². The summed E-state index contributed by atoms with van der Waals surface area (Å²) in [5.41, 5.74) is 0.874. The van der Waals surface area contributed by atoms with E-state index >= 15 is 0 Å². The summed E-state index contributed by atoms with van der Waals surface area (Å²) in [5, 5.41) is 3.20. The van der Waals surface area contributed by atoms with Crippen LogP contribution in [-0.4, -0.2) is 26.4 Å². The zero-order valence-corrected chi connectivity index (χ0v) is 12.9. The third-order valence-electron chi connectivity index (χ3n) is 4.33. The Balaban J connectivity index is 1.56. The molecule has 0 bridgehead atoms. The van der Waals surface area contributed by atoms with Crippen molar-refractivity contribution < 1.29 is 24.1 Å². The fourth-order valence-corrected chi connectivity index (χ4v) is 3.06. The molecule has 2 aliphatic heterocycles. The molecule has 0 spiro atoms. The van der Waals surface area contributed by atoms with Crippen molar-refractivity contribution in [2.45, 2.75) is 12.3 Å². The van der Waals surface area contributed by atoms with E-state index in [4.69, 9.17) is 19.7 Å². The first-order chi connectivity index (χ1) is 13.2. The molecule has 2 aromatic carbocycles. The SMILES string of the molecule is [2H]C1([2H])Oc2ccc(OC([2H])([2H])[C@@H]3CNCCC3c3ccc(F)cc3)cc2O1. The Hall–Kier alpha value is -2.27. The van der Waals surface area contributed by atoms with Crippen molar-refractivity contribution in [1.29, 1.82) is 0 Å². The third-order valence-corrected chi connectivity index (χ3v) is 4.33. The van der Waals surface area contributed by atoms with Crippen molar-refractivity contribution in [2.24, 2.45) is 5.92 Å². The van der Waals surface area contributed by atoms with E-state index in [9.17, 15) is 4.39 Å². The van der Waals surface area contributed by atoms with Gasteiger partial charge in [0.15, 0.2) is 11.5 Å². The Bertz CT molecular complexity index is 863. The molecule has 1 N–H and O–H groups in total. The molecule has 1 fully saturated rings. The number of benzene rings is 2. The molecule has 0 amide bonds. The lowest BCUT2D eigenvalue weighted by Gasteiger charge is -2.32. The van der Waals surface area contributed by atoms with Crippen molar-refractivity contribution in [3.05, 3.63) is 53.8 Å². The number of hydrogen-bond donors (Lipinski definition) is 1. The maximum absolute atomic E-state index is 13.3. The van der Waals surface area contributed by atoms with Gasteiger partial charge in [-0.25, -0.2) is 4.39 Å². The highest BCUT2D eigenvalue weighted by Gasteiger charge is 2.27. The van der Waals surface area contributed by atoms with Crippen LogP contribution >= 0.6 is 0 Å². The van der Waals surface area contributed by atoms with Gasteiger partial charge in [-0.3, -0.25) is 0 Å². The second-order valence-corrected chi connectivity index (χ2v) is 5.87. The molecular formula is C19H20FNO3. The van der Waals surface area contributed by atoms with E-state index in [-0.39, 0.29) is 29.0 Å². The Morgan fingerprint density at radius 2 is 2.04 bits per heavy atom. The molecule has 1 unspecified atom stereocenters. The largest absolute Gasteiger partial charge is 0.493 e. The van der Waals surface area contributed by atoms with Crippen LogP contribution in [0.4, 0.5) is 4.39 Å². The van der Waals surface area contributed by atoms with Gasteiger partial charge in [0.1, 0.15) is 14.3 Å². The number of piperidine rings is 1. The van der Waals surface area contributed by atoms with Crippen molar-refractivity contribution in [1.82, 2.24) is 5.32 Å². The Labute approximate surface area is 146 Å². The normalized spacial score (nSPS) is 27.5. The summed E-state index contributed by atoms with van der Waals surface area (Å²) < 4.78 is 61.1. The molecule has 0 aromatic heterocycles. The standard InChI is InChI=1S/C19H20FNO3/c20-15-3-1-13(2-4-15)17-7-8-21-10-14(17)11-22-16-5-6-18-19(9-16)24-12-23-18/h1-6,9,14,17,21H,7-8,10-12H2/t14-,17?/m0/s1/i11D2,12D2. The minimum absolute atomic E-state index is 0.125. The van der Waals surface area contributed by atoms with Gasteiger partial charge in [0, 0.05) is 18.5 Å². The van der Waals surface area contributed by atoms with Crippen LogP contribution in [0.2, 0.25) is 0 Å². The first-order valence-electron chi connectivity index (χ1n) is 9.91.